The van der Waals surface area contributed by atoms with E-state index in [4.69, 9.17) is 4.74 Å². The predicted molar refractivity (Wildman–Crippen MR) is 148 cm³/mol. The molecule has 3 aromatic carbocycles. The van der Waals surface area contributed by atoms with Crippen molar-refractivity contribution in [3.63, 3.8) is 0 Å². The van der Waals surface area contributed by atoms with Crippen LogP contribution >= 0.6 is 0 Å². The van der Waals surface area contributed by atoms with Crippen molar-refractivity contribution in [2.45, 2.75) is 51.1 Å². The Morgan fingerprint density at radius 2 is 1.35 bits per heavy atom. The first-order chi connectivity index (χ1) is 21.5. The lowest BCUT2D eigenvalue weighted by atomic mass is 9.96. The summed E-state index contributed by atoms with van der Waals surface area (Å²) < 4.78 is 128. The van der Waals surface area contributed by atoms with Gasteiger partial charge in [0.2, 0.25) is 5.95 Å². The Bertz CT molecular complexity index is 1620. The average molecular weight is 658 g/mol. The third kappa shape index (κ3) is 8.46. The summed E-state index contributed by atoms with van der Waals surface area (Å²) in [5, 5.41) is 9.25. The highest BCUT2D eigenvalue weighted by atomic mass is 19.4. The van der Waals surface area contributed by atoms with Crippen molar-refractivity contribution in [1.29, 1.82) is 0 Å². The molecule has 0 spiro atoms. The van der Waals surface area contributed by atoms with E-state index >= 15 is 0 Å². The second-order valence-electron chi connectivity index (χ2n) is 10.1. The van der Waals surface area contributed by atoms with Gasteiger partial charge in [0.1, 0.15) is 0 Å². The quantitative estimate of drug-likeness (QED) is 0.172. The molecule has 0 fully saturated rings. The summed E-state index contributed by atoms with van der Waals surface area (Å²) in [5.41, 5.74) is -3.85. The van der Waals surface area contributed by atoms with Crippen LogP contribution in [0.2, 0.25) is 0 Å². The largest absolute Gasteiger partial charge is 0.479 e. The normalized spacial score (nSPS) is 12.9. The Labute approximate surface area is 256 Å². The van der Waals surface area contributed by atoms with Gasteiger partial charge in [0.05, 0.1) is 29.1 Å². The van der Waals surface area contributed by atoms with Crippen molar-refractivity contribution in [3.05, 3.63) is 107 Å². The van der Waals surface area contributed by atoms with Gasteiger partial charge in [-0.05, 0) is 59.0 Å². The molecule has 15 heteroatoms. The molecular formula is C31H24F9N3O3. The standard InChI is InChI=1S/C31H24F9N3O3/c1-2-26(27(44)45)46-24-14-41-28(42-15-24)43(16-18-10-22(30(35,36)37)13-23(11-18)31(38,39)40)17-20-12-21(29(32,33)34)8-9-25(20)19-6-4-3-5-7-19/h3-15,26H,2,16-17H2,1H3,(H,44,45). The fourth-order valence-electron chi connectivity index (χ4n) is 4.54. The van der Waals surface area contributed by atoms with Gasteiger partial charge in [0, 0.05) is 13.1 Å². The summed E-state index contributed by atoms with van der Waals surface area (Å²) in [7, 11) is 0. The average Bonchev–Trinajstić information content (AvgIpc) is 2.98. The van der Waals surface area contributed by atoms with E-state index in [1.807, 2.05) is 0 Å². The number of aliphatic carboxylic acids is 1. The maximum absolute atomic E-state index is 13.7. The number of carboxylic acids is 1. The van der Waals surface area contributed by atoms with Gasteiger partial charge in [-0.15, -0.1) is 0 Å². The molecule has 6 nitrogen and oxygen atoms in total. The summed E-state index contributed by atoms with van der Waals surface area (Å²) in [6.07, 6.45) is -14.2. The van der Waals surface area contributed by atoms with Gasteiger partial charge < -0.3 is 14.7 Å². The Balaban J connectivity index is 1.84. The van der Waals surface area contributed by atoms with Crippen molar-refractivity contribution in [2.75, 3.05) is 4.90 Å². The second kappa shape index (κ2) is 13.3. The van der Waals surface area contributed by atoms with Crippen LogP contribution in [0.15, 0.2) is 79.1 Å². The van der Waals surface area contributed by atoms with Crippen molar-refractivity contribution in [2.24, 2.45) is 0 Å². The first-order valence-electron chi connectivity index (χ1n) is 13.5. The van der Waals surface area contributed by atoms with Crippen LogP contribution < -0.4 is 9.64 Å². The number of rotatable bonds is 10. The highest BCUT2D eigenvalue weighted by molar-refractivity contribution is 5.72. The molecule has 1 unspecified atom stereocenters. The third-order valence-corrected chi connectivity index (χ3v) is 6.72. The van der Waals surface area contributed by atoms with Crippen LogP contribution in [0.5, 0.6) is 5.75 Å². The number of carboxylic acid groups (broad SMARTS) is 1. The molecule has 1 heterocycles. The van der Waals surface area contributed by atoms with Gasteiger partial charge in [0.25, 0.3) is 0 Å². The highest BCUT2D eigenvalue weighted by Gasteiger charge is 2.37. The van der Waals surface area contributed by atoms with E-state index in [2.05, 4.69) is 9.97 Å². The number of benzene rings is 3. The highest BCUT2D eigenvalue weighted by Crippen LogP contribution is 2.38. The molecule has 0 saturated heterocycles. The first-order valence-corrected chi connectivity index (χ1v) is 13.5. The number of hydrogen-bond acceptors (Lipinski definition) is 5. The number of ether oxygens (including phenoxy) is 1. The van der Waals surface area contributed by atoms with E-state index in [0.29, 0.717) is 23.3 Å². The van der Waals surface area contributed by atoms with Gasteiger partial charge in [0.15, 0.2) is 11.9 Å². The number of halogens is 9. The number of anilines is 1. The molecule has 0 amide bonds. The lowest BCUT2D eigenvalue weighted by Gasteiger charge is -2.26. The van der Waals surface area contributed by atoms with Crippen LogP contribution in [-0.2, 0) is 36.4 Å². The minimum absolute atomic E-state index is 0.0184. The zero-order valence-corrected chi connectivity index (χ0v) is 23.7. The Kier molecular flexibility index (Phi) is 9.82. The smallest absolute Gasteiger partial charge is 0.416 e. The van der Waals surface area contributed by atoms with E-state index in [-0.39, 0.29) is 29.7 Å². The van der Waals surface area contributed by atoms with Gasteiger partial charge >= 0.3 is 24.5 Å². The molecule has 1 atom stereocenters. The zero-order valence-electron chi connectivity index (χ0n) is 23.7. The number of aromatic nitrogens is 2. The molecule has 0 aliphatic heterocycles. The molecule has 0 radical (unpaired) electrons. The van der Waals surface area contributed by atoms with Crippen molar-refractivity contribution in [1.82, 2.24) is 9.97 Å². The minimum Gasteiger partial charge on any atom is -0.479 e. The second-order valence-corrected chi connectivity index (χ2v) is 10.1. The summed E-state index contributed by atoms with van der Waals surface area (Å²) in [6.45, 7) is 0.364. The van der Waals surface area contributed by atoms with Crippen LogP contribution in [0.1, 0.15) is 41.2 Å². The van der Waals surface area contributed by atoms with Crippen LogP contribution in [0.25, 0.3) is 11.1 Å². The summed E-state index contributed by atoms with van der Waals surface area (Å²) in [5.74, 6) is -1.69. The monoisotopic (exact) mass is 657 g/mol. The van der Waals surface area contributed by atoms with Gasteiger partial charge in [-0.3, -0.25) is 0 Å². The van der Waals surface area contributed by atoms with Gasteiger partial charge in [-0.25, -0.2) is 14.8 Å². The van der Waals surface area contributed by atoms with E-state index in [9.17, 15) is 49.4 Å². The van der Waals surface area contributed by atoms with Gasteiger partial charge in [-0.2, -0.15) is 39.5 Å². The molecule has 0 saturated carbocycles. The SMILES string of the molecule is CCC(Oc1cnc(N(Cc2cc(C(F)(F)F)cc(C(F)(F)F)c2)Cc2cc(C(F)(F)F)ccc2-c2ccccc2)nc1)C(=O)O. The van der Waals surface area contributed by atoms with Crippen molar-refractivity contribution in [3.8, 4) is 16.9 Å². The fraction of sp³-hybridized carbons (Fsp3) is 0.258. The Morgan fingerprint density at radius 3 is 1.85 bits per heavy atom. The zero-order chi connectivity index (χ0) is 33.9. The lowest BCUT2D eigenvalue weighted by molar-refractivity contribution is -0.145. The number of carbonyl (C=O) groups is 1. The topological polar surface area (TPSA) is 75.5 Å². The fourth-order valence-corrected chi connectivity index (χ4v) is 4.54. The minimum atomic E-state index is -5.14. The lowest BCUT2D eigenvalue weighted by Crippen LogP contribution is -2.27. The number of hydrogen-bond donors (Lipinski definition) is 1. The predicted octanol–water partition coefficient (Wildman–Crippen LogP) is 8.65. The van der Waals surface area contributed by atoms with E-state index < -0.39 is 65.9 Å². The molecule has 0 aliphatic carbocycles. The third-order valence-electron chi connectivity index (χ3n) is 6.72. The molecule has 4 aromatic rings. The van der Waals surface area contributed by atoms with Crippen LogP contribution in [0, 0.1) is 0 Å². The summed E-state index contributed by atoms with van der Waals surface area (Å²) in [4.78, 5) is 20.6. The van der Waals surface area contributed by atoms with Gasteiger partial charge in [-0.1, -0.05) is 43.3 Å². The molecule has 4 rings (SSSR count). The van der Waals surface area contributed by atoms with E-state index in [1.54, 1.807) is 37.3 Å². The molecular weight excluding hydrogens is 633 g/mol. The van der Waals surface area contributed by atoms with E-state index in [1.165, 1.54) is 6.07 Å². The maximum atomic E-state index is 13.7. The Hall–Kier alpha value is -4.82. The van der Waals surface area contributed by atoms with Crippen molar-refractivity contribution < 1.29 is 54.2 Å². The summed E-state index contributed by atoms with van der Waals surface area (Å²) in [6, 6.07) is 12.1. The molecule has 0 aliphatic rings. The molecule has 46 heavy (non-hydrogen) atoms. The first kappa shape index (κ1) is 34.1. The molecule has 1 N–H and O–H groups in total. The van der Waals surface area contributed by atoms with E-state index in [0.717, 1.165) is 29.4 Å². The van der Waals surface area contributed by atoms with Crippen LogP contribution in [0.4, 0.5) is 45.5 Å². The Morgan fingerprint density at radius 1 is 0.783 bits per heavy atom. The summed E-state index contributed by atoms with van der Waals surface area (Å²) >= 11 is 0. The van der Waals surface area contributed by atoms with Crippen molar-refractivity contribution >= 4 is 11.9 Å². The molecule has 0 bridgehead atoms. The molecule has 244 valence electrons. The number of nitrogens with zero attached hydrogens (tertiary/aromatic N) is 3. The number of alkyl halides is 9. The van der Waals surface area contributed by atoms with Crippen LogP contribution in [-0.4, -0.2) is 27.1 Å². The maximum Gasteiger partial charge on any atom is 0.416 e. The molecule has 1 aromatic heterocycles. The van der Waals surface area contributed by atoms with Crippen LogP contribution in [0.3, 0.4) is 0 Å².